The van der Waals surface area contributed by atoms with E-state index in [0.717, 1.165) is 10.9 Å². The highest BCUT2D eigenvalue weighted by molar-refractivity contribution is 6.15. The van der Waals surface area contributed by atoms with E-state index in [2.05, 4.69) is 0 Å². The van der Waals surface area contributed by atoms with Crippen LogP contribution in [0.3, 0.4) is 0 Å². The molecule has 4 heteroatoms. The molecule has 2 N–H and O–H groups in total. The Balaban J connectivity index is 2.47. The van der Waals surface area contributed by atoms with Gasteiger partial charge in [0.1, 0.15) is 0 Å². The van der Waals surface area contributed by atoms with E-state index in [9.17, 15) is 19.8 Å². The van der Waals surface area contributed by atoms with Crippen molar-refractivity contribution in [2.75, 3.05) is 0 Å². The average Bonchev–Trinajstić information content (AvgIpc) is 2.53. The van der Waals surface area contributed by atoms with Gasteiger partial charge in [-0.2, -0.15) is 0 Å². The highest BCUT2D eigenvalue weighted by atomic mass is 16.4. The normalized spacial score (nSPS) is 10.5. The third-order valence-electron chi connectivity index (χ3n) is 3.57. The minimum atomic E-state index is -1.25. The second kappa shape index (κ2) is 5.33. The highest BCUT2D eigenvalue weighted by Gasteiger charge is 2.21. The van der Waals surface area contributed by atoms with Gasteiger partial charge < -0.3 is 10.2 Å². The van der Waals surface area contributed by atoms with Crippen molar-refractivity contribution in [3.8, 4) is 11.1 Å². The van der Waals surface area contributed by atoms with Gasteiger partial charge in [-0.25, -0.2) is 9.59 Å². The Bertz CT molecular complexity index is 882. The number of fused-ring (bicyclic) bond motifs is 1. The maximum atomic E-state index is 11.5. The third kappa shape index (κ3) is 2.20. The van der Waals surface area contributed by atoms with Gasteiger partial charge in [-0.1, -0.05) is 54.6 Å². The Labute approximate surface area is 126 Å². The van der Waals surface area contributed by atoms with Crippen LogP contribution in [0, 0.1) is 0 Å². The minimum Gasteiger partial charge on any atom is -0.478 e. The summed E-state index contributed by atoms with van der Waals surface area (Å²) in [5.74, 6) is -2.49. The lowest BCUT2D eigenvalue weighted by atomic mass is 9.91. The molecular formula is C18H12O4. The van der Waals surface area contributed by atoms with Crippen LogP contribution in [0.25, 0.3) is 21.9 Å². The number of carbonyl (C=O) groups is 2. The summed E-state index contributed by atoms with van der Waals surface area (Å²) >= 11 is 0. The molecule has 108 valence electrons. The van der Waals surface area contributed by atoms with Gasteiger partial charge in [0.25, 0.3) is 0 Å². The SMILES string of the molecule is O=C(O)c1cc(-c2ccccc2)c2ccccc2c1C(=O)O. The topological polar surface area (TPSA) is 74.6 Å². The summed E-state index contributed by atoms with van der Waals surface area (Å²) in [6.45, 7) is 0. The van der Waals surface area contributed by atoms with E-state index in [1.54, 1.807) is 24.3 Å². The summed E-state index contributed by atoms with van der Waals surface area (Å²) in [4.78, 5) is 23.0. The molecule has 0 spiro atoms. The quantitative estimate of drug-likeness (QED) is 0.767. The molecule has 0 unspecified atom stereocenters. The molecule has 22 heavy (non-hydrogen) atoms. The largest absolute Gasteiger partial charge is 0.478 e. The van der Waals surface area contributed by atoms with Crippen molar-refractivity contribution in [3.05, 3.63) is 71.8 Å². The Morgan fingerprint density at radius 2 is 1.32 bits per heavy atom. The predicted molar refractivity (Wildman–Crippen MR) is 83.3 cm³/mol. The van der Waals surface area contributed by atoms with Gasteiger partial charge in [-0.3, -0.25) is 0 Å². The number of hydrogen-bond acceptors (Lipinski definition) is 2. The van der Waals surface area contributed by atoms with Gasteiger partial charge in [0.2, 0.25) is 0 Å². The first-order chi connectivity index (χ1) is 10.6. The molecule has 0 aliphatic heterocycles. The van der Waals surface area contributed by atoms with Gasteiger partial charge in [-0.05, 0) is 28.0 Å². The zero-order valence-electron chi connectivity index (χ0n) is 11.5. The van der Waals surface area contributed by atoms with Gasteiger partial charge in [0.05, 0.1) is 11.1 Å². The van der Waals surface area contributed by atoms with Gasteiger partial charge in [0, 0.05) is 0 Å². The number of carboxylic acids is 2. The van der Waals surface area contributed by atoms with Crippen LogP contribution in [-0.2, 0) is 0 Å². The lowest BCUT2D eigenvalue weighted by Crippen LogP contribution is -2.09. The second-order valence-corrected chi connectivity index (χ2v) is 4.87. The van der Waals surface area contributed by atoms with Crippen LogP contribution >= 0.6 is 0 Å². The third-order valence-corrected chi connectivity index (χ3v) is 3.57. The molecule has 0 aliphatic rings. The molecule has 3 rings (SSSR count). The van der Waals surface area contributed by atoms with Crippen LogP contribution in [0.1, 0.15) is 20.7 Å². The van der Waals surface area contributed by atoms with E-state index in [-0.39, 0.29) is 11.1 Å². The fourth-order valence-corrected chi connectivity index (χ4v) is 2.63. The van der Waals surface area contributed by atoms with Crippen LogP contribution in [0.5, 0.6) is 0 Å². The molecule has 0 radical (unpaired) electrons. The Morgan fingerprint density at radius 3 is 1.91 bits per heavy atom. The van der Waals surface area contributed by atoms with E-state index < -0.39 is 11.9 Å². The lowest BCUT2D eigenvalue weighted by Gasteiger charge is -2.12. The predicted octanol–water partition coefficient (Wildman–Crippen LogP) is 3.90. The fraction of sp³-hybridized carbons (Fsp3) is 0. The number of carboxylic acid groups (broad SMARTS) is 2. The molecule has 0 aliphatic carbocycles. The number of hydrogen-bond donors (Lipinski definition) is 2. The van der Waals surface area contributed by atoms with Crippen molar-refractivity contribution in [1.29, 1.82) is 0 Å². The first-order valence-corrected chi connectivity index (χ1v) is 6.67. The van der Waals surface area contributed by atoms with Crippen LogP contribution < -0.4 is 0 Å². The summed E-state index contributed by atoms with van der Waals surface area (Å²) in [7, 11) is 0. The first kappa shape index (κ1) is 13.8. The maximum Gasteiger partial charge on any atom is 0.337 e. The van der Waals surface area contributed by atoms with Crippen LogP contribution in [-0.4, -0.2) is 22.2 Å². The molecule has 0 saturated heterocycles. The van der Waals surface area contributed by atoms with E-state index in [1.165, 1.54) is 6.07 Å². The lowest BCUT2D eigenvalue weighted by molar-refractivity contribution is 0.0653. The van der Waals surface area contributed by atoms with Crippen molar-refractivity contribution in [1.82, 2.24) is 0 Å². The van der Waals surface area contributed by atoms with E-state index in [0.29, 0.717) is 10.9 Å². The van der Waals surface area contributed by atoms with Crippen LogP contribution in [0.2, 0.25) is 0 Å². The monoisotopic (exact) mass is 292 g/mol. The summed E-state index contributed by atoms with van der Waals surface area (Å²) in [5, 5.41) is 19.9. The molecule has 0 fully saturated rings. The Hall–Kier alpha value is -3.14. The second-order valence-electron chi connectivity index (χ2n) is 4.87. The minimum absolute atomic E-state index is 0.178. The highest BCUT2D eigenvalue weighted by Crippen LogP contribution is 2.33. The number of benzene rings is 3. The number of aromatic carboxylic acids is 2. The van der Waals surface area contributed by atoms with Gasteiger partial charge in [0.15, 0.2) is 0 Å². The summed E-state index contributed by atoms with van der Waals surface area (Å²) in [6.07, 6.45) is 0. The molecule has 3 aromatic rings. The molecule has 0 amide bonds. The average molecular weight is 292 g/mol. The molecule has 4 nitrogen and oxygen atoms in total. The molecule has 0 heterocycles. The van der Waals surface area contributed by atoms with Crippen molar-refractivity contribution in [3.63, 3.8) is 0 Å². The molecule has 0 aromatic heterocycles. The molecular weight excluding hydrogens is 280 g/mol. The van der Waals surface area contributed by atoms with Crippen molar-refractivity contribution >= 4 is 22.7 Å². The standard InChI is InChI=1S/C18H12O4/c19-17(20)15-10-14(11-6-2-1-3-7-11)12-8-4-5-9-13(12)16(15)18(21)22/h1-10H,(H,19,20)(H,21,22). The van der Waals surface area contributed by atoms with Crippen LogP contribution in [0.4, 0.5) is 0 Å². The fourth-order valence-electron chi connectivity index (χ4n) is 2.63. The van der Waals surface area contributed by atoms with E-state index in [4.69, 9.17) is 0 Å². The Morgan fingerprint density at radius 1 is 0.727 bits per heavy atom. The summed E-state index contributed by atoms with van der Waals surface area (Å²) in [5.41, 5.74) is 1.17. The molecule has 0 atom stereocenters. The van der Waals surface area contributed by atoms with Crippen molar-refractivity contribution < 1.29 is 19.8 Å². The molecule has 0 bridgehead atoms. The Kier molecular flexibility index (Phi) is 3.35. The van der Waals surface area contributed by atoms with Gasteiger partial charge in [-0.15, -0.1) is 0 Å². The molecule has 3 aromatic carbocycles. The smallest absolute Gasteiger partial charge is 0.337 e. The number of rotatable bonds is 3. The summed E-state index contributed by atoms with van der Waals surface area (Å²) in [6, 6.07) is 17.7. The van der Waals surface area contributed by atoms with E-state index >= 15 is 0 Å². The van der Waals surface area contributed by atoms with Crippen molar-refractivity contribution in [2.24, 2.45) is 0 Å². The van der Waals surface area contributed by atoms with Crippen molar-refractivity contribution in [2.45, 2.75) is 0 Å². The first-order valence-electron chi connectivity index (χ1n) is 6.67. The van der Waals surface area contributed by atoms with Crippen LogP contribution in [0.15, 0.2) is 60.7 Å². The van der Waals surface area contributed by atoms with E-state index in [1.807, 2.05) is 30.3 Å². The maximum absolute atomic E-state index is 11.5. The zero-order valence-corrected chi connectivity index (χ0v) is 11.5. The molecule has 0 saturated carbocycles. The van der Waals surface area contributed by atoms with Gasteiger partial charge >= 0.3 is 11.9 Å². The zero-order chi connectivity index (χ0) is 15.7. The summed E-state index contributed by atoms with van der Waals surface area (Å²) < 4.78 is 0.